The van der Waals surface area contributed by atoms with Gasteiger partial charge < -0.3 is 15.0 Å². The summed E-state index contributed by atoms with van der Waals surface area (Å²) in [6, 6.07) is 9.59. The highest BCUT2D eigenvalue weighted by atomic mass is 16.5. The number of nitrogens with two attached hydrogens (primary N) is 1. The molecule has 2 N–H and O–H groups in total. The Morgan fingerprint density at radius 3 is 2.81 bits per heavy atom. The van der Waals surface area contributed by atoms with E-state index in [1.807, 2.05) is 30.3 Å². The number of anilines is 1. The normalized spacial score (nSPS) is 10.7. The number of ether oxygens (including phenoxy) is 1. The number of hydrogen-bond donors (Lipinski definition) is 1. The summed E-state index contributed by atoms with van der Waals surface area (Å²) in [5, 5.41) is 7.96. The van der Waals surface area contributed by atoms with Crippen LogP contribution in [0.5, 0.6) is 5.75 Å². The summed E-state index contributed by atoms with van der Waals surface area (Å²) in [4.78, 5) is 4.29. The van der Waals surface area contributed by atoms with Crippen LogP contribution in [0.3, 0.4) is 0 Å². The standard InChI is InChI=1S/C14H15N5O2/c1-19-13(15)11(9-16-19)14-17-12(18-21-14)7-8-20-10-5-3-2-4-6-10/h2-6,9H,7-8,15H2,1H3. The van der Waals surface area contributed by atoms with E-state index in [2.05, 4.69) is 15.2 Å². The minimum Gasteiger partial charge on any atom is -0.493 e. The molecule has 0 atom stereocenters. The van der Waals surface area contributed by atoms with E-state index in [1.54, 1.807) is 17.9 Å². The van der Waals surface area contributed by atoms with Crippen molar-refractivity contribution in [2.45, 2.75) is 6.42 Å². The van der Waals surface area contributed by atoms with Crippen molar-refractivity contribution in [3.63, 3.8) is 0 Å². The fraction of sp³-hybridized carbons (Fsp3) is 0.214. The second kappa shape index (κ2) is 5.66. The fourth-order valence-corrected chi connectivity index (χ4v) is 1.85. The average molecular weight is 285 g/mol. The van der Waals surface area contributed by atoms with Crippen molar-refractivity contribution in [1.29, 1.82) is 0 Å². The van der Waals surface area contributed by atoms with E-state index in [0.717, 1.165) is 5.75 Å². The Morgan fingerprint density at radius 1 is 1.29 bits per heavy atom. The minimum absolute atomic E-state index is 0.371. The van der Waals surface area contributed by atoms with Gasteiger partial charge in [-0.05, 0) is 12.1 Å². The maximum atomic E-state index is 5.87. The maximum Gasteiger partial charge on any atom is 0.263 e. The van der Waals surface area contributed by atoms with Gasteiger partial charge in [-0.3, -0.25) is 4.68 Å². The zero-order valence-electron chi connectivity index (χ0n) is 11.6. The number of aryl methyl sites for hydroxylation is 1. The molecule has 2 heterocycles. The summed E-state index contributed by atoms with van der Waals surface area (Å²) in [6.07, 6.45) is 2.16. The quantitative estimate of drug-likeness (QED) is 0.766. The molecule has 0 aliphatic rings. The molecule has 0 spiro atoms. The molecule has 7 nitrogen and oxygen atoms in total. The lowest BCUT2D eigenvalue weighted by Crippen LogP contribution is -2.02. The van der Waals surface area contributed by atoms with E-state index >= 15 is 0 Å². The predicted molar refractivity (Wildman–Crippen MR) is 76.6 cm³/mol. The second-order valence-corrected chi connectivity index (χ2v) is 4.49. The lowest BCUT2D eigenvalue weighted by atomic mass is 10.3. The van der Waals surface area contributed by atoms with Gasteiger partial charge in [0.25, 0.3) is 5.89 Å². The number of hydrogen-bond acceptors (Lipinski definition) is 6. The summed E-state index contributed by atoms with van der Waals surface area (Å²) in [5.41, 5.74) is 6.51. The lowest BCUT2D eigenvalue weighted by molar-refractivity contribution is 0.315. The third kappa shape index (κ3) is 2.86. The second-order valence-electron chi connectivity index (χ2n) is 4.49. The molecule has 0 amide bonds. The van der Waals surface area contributed by atoms with E-state index in [4.69, 9.17) is 15.0 Å². The van der Waals surface area contributed by atoms with Crippen LogP contribution in [0.2, 0.25) is 0 Å². The molecule has 3 aromatic rings. The minimum atomic E-state index is 0.371. The van der Waals surface area contributed by atoms with Crippen LogP contribution in [-0.2, 0) is 13.5 Å². The Bertz CT molecular complexity index is 720. The summed E-state index contributed by atoms with van der Waals surface area (Å²) in [7, 11) is 1.75. The van der Waals surface area contributed by atoms with Crippen LogP contribution in [0, 0.1) is 0 Å². The van der Waals surface area contributed by atoms with Gasteiger partial charge in [-0.2, -0.15) is 10.1 Å². The number of benzene rings is 1. The molecule has 3 rings (SSSR count). The first kappa shape index (κ1) is 13.2. The first-order valence-corrected chi connectivity index (χ1v) is 6.52. The summed E-state index contributed by atoms with van der Waals surface area (Å²) in [6.45, 7) is 0.478. The Morgan fingerprint density at radius 2 is 2.10 bits per heavy atom. The molecule has 0 unspecified atom stereocenters. The lowest BCUT2D eigenvalue weighted by Gasteiger charge is -2.02. The highest BCUT2D eigenvalue weighted by Crippen LogP contribution is 2.23. The topological polar surface area (TPSA) is 92.0 Å². The third-order valence-electron chi connectivity index (χ3n) is 3.02. The van der Waals surface area contributed by atoms with Gasteiger partial charge in [0.2, 0.25) is 0 Å². The van der Waals surface area contributed by atoms with Crippen LogP contribution in [0.1, 0.15) is 5.82 Å². The Kier molecular flexibility index (Phi) is 3.55. The van der Waals surface area contributed by atoms with E-state index in [-0.39, 0.29) is 0 Å². The molecule has 108 valence electrons. The largest absolute Gasteiger partial charge is 0.493 e. The van der Waals surface area contributed by atoms with Gasteiger partial charge >= 0.3 is 0 Å². The monoisotopic (exact) mass is 285 g/mol. The molecule has 21 heavy (non-hydrogen) atoms. The summed E-state index contributed by atoms with van der Waals surface area (Å²) in [5.74, 6) is 2.25. The van der Waals surface area contributed by atoms with Gasteiger partial charge in [0.1, 0.15) is 17.1 Å². The fourth-order valence-electron chi connectivity index (χ4n) is 1.85. The highest BCUT2D eigenvalue weighted by molar-refractivity contribution is 5.66. The predicted octanol–water partition coefficient (Wildman–Crippen LogP) is 1.67. The molecular formula is C14H15N5O2. The summed E-state index contributed by atoms with van der Waals surface area (Å²) < 4.78 is 12.3. The molecule has 0 saturated carbocycles. The van der Waals surface area contributed by atoms with Crippen molar-refractivity contribution in [3.05, 3.63) is 42.4 Å². The van der Waals surface area contributed by atoms with Gasteiger partial charge in [-0.25, -0.2) is 0 Å². The molecule has 7 heteroatoms. The number of rotatable bonds is 5. The molecule has 1 aromatic carbocycles. The average Bonchev–Trinajstić information content (AvgIpc) is 3.08. The number of aromatic nitrogens is 4. The number of nitrogen functional groups attached to an aromatic ring is 1. The van der Waals surface area contributed by atoms with Crippen molar-refractivity contribution in [2.24, 2.45) is 7.05 Å². The van der Waals surface area contributed by atoms with Crippen LogP contribution in [0.15, 0.2) is 41.1 Å². The molecule has 0 saturated heterocycles. The van der Waals surface area contributed by atoms with Crippen LogP contribution < -0.4 is 10.5 Å². The van der Waals surface area contributed by atoms with E-state index < -0.39 is 0 Å². The van der Waals surface area contributed by atoms with Crippen molar-refractivity contribution in [2.75, 3.05) is 12.3 Å². The SMILES string of the molecule is Cn1ncc(-c2nc(CCOc3ccccc3)no2)c1N. The summed E-state index contributed by atoms with van der Waals surface area (Å²) >= 11 is 0. The molecular weight excluding hydrogens is 270 g/mol. The van der Waals surface area contributed by atoms with Crippen molar-refractivity contribution in [3.8, 4) is 17.2 Å². The van der Waals surface area contributed by atoms with Gasteiger partial charge in [0, 0.05) is 13.5 Å². The number of para-hydroxylation sites is 1. The molecule has 0 aliphatic heterocycles. The van der Waals surface area contributed by atoms with E-state index in [9.17, 15) is 0 Å². The van der Waals surface area contributed by atoms with E-state index in [1.165, 1.54) is 0 Å². The van der Waals surface area contributed by atoms with Gasteiger partial charge in [-0.1, -0.05) is 23.4 Å². The first-order valence-electron chi connectivity index (χ1n) is 6.52. The third-order valence-corrected chi connectivity index (χ3v) is 3.02. The molecule has 0 aliphatic carbocycles. The van der Waals surface area contributed by atoms with Gasteiger partial charge in [0.15, 0.2) is 5.82 Å². The van der Waals surface area contributed by atoms with Crippen molar-refractivity contribution in [1.82, 2.24) is 19.9 Å². The van der Waals surface area contributed by atoms with Crippen LogP contribution in [-0.4, -0.2) is 26.5 Å². The molecule has 0 radical (unpaired) electrons. The maximum absolute atomic E-state index is 5.87. The highest BCUT2D eigenvalue weighted by Gasteiger charge is 2.14. The Hall–Kier alpha value is -2.83. The smallest absolute Gasteiger partial charge is 0.263 e. The molecule has 0 fully saturated rings. The Balaban J connectivity index is 1.62. The van der Waals surface area contributed by atoms with Crippen LogP contribution >= 0.6 is 0 Å². The first-order chi connectivity index (χ1) is 10.2. The van der Waals surface area contributed by atoms with Crippen LogP contribution in [0.4, 0.5) is 5.82 Å². The van der Waals surface area contributed by atoms with Gasteiger partial charge in [-0.15, -0.1) is 0 Å². The van der Waals surface area contributed by atoms with Crippen molar-refractivity contribution >= 4 is 5.82 Å². The molecule has 2 aromatic heterocycles. The van der Waals surface area contributed by atoms with Crippen molar-refractivity contribution < 1.29 is 9.26 Å². The zero-order chi connectivity index (χ0) is 14.7. The molecule has 0 bridgehead atoms. The van der Waals surface area contributed by atoms with Gasteiger partial charge in [0.05, 0.1) is 12.8 Å². The van der Waals surface area contributed by atoms with E-state index in [0.29, 0.717) is 36.1 Å². The Labute approximate surface area is 121 Å². The van der Waals surface area contributed by atoms with Crippen LogP contribution in [0.25, 0.3) is 11.5 Å². The zero-order valence-corrected chi connectivity index (χ0v) is 11.6. The number of nitrogens with zero attached hydrogens (tertiary/aromatic N) is 4.